The van der Waals surface area contributed by atoms with Gasteiger partial charge in [-0.05, 0) is 39.7 Å². The zero-order chi connectivity index (χ0) is 16.8. The van der Waals surface area contributed by atoms with Crippen LogP contribution in [0.25, 0.3) is 0 Å². The maximum absolute atomic E-state index is 13.2. The van der Waals surface area contributed by atoms with Crippen LogP contribution >= 0.6 is 15.9 Å². The van der Waals surface area contributed by atoms with Gasteiger partial charge in [0.25, 0.3) is 5.91 Å². The quantitative estimate of drug-likeness (QED) is 0.839. The van der Waals surface area contributed by atoms with Crippen molar-refractivity contribution in [3.05, 3.63) is 69.9 Å². The number of benzene rings is 2. The smallest absolute Gasteiger partial charge is 0.255 e. The Kier molecular flexibility index (Phi) is 5.87. The van der Waals surface area contributed by atoms with Gasteiger partial charge in [-0.25, -0.2) is 4.39 Å². The third kappa shape index (κ3) is 4.89. The summed E-state index contributed by atoms with van der Waals surface area (Å²) in [5.41, 5.74) is 6.46. The number of rotatable bonds is 6. The van der Waals surface area contributed by atoms with E-state index in [0.29, 0.717) is 16.6 Å². The molecule has 2 amide bonds. The molecule has 120 valence electrons. The number of primary amides is 1. The van der Waals surface area contributed by atoms with Gasteiger partial charge in [0.1, 0.15) is 5.82 Å². The summed E-state index contributed by atoms with van der Waals surface area (Å²) >= 11 is 3.20. The highest BCUT2D eigenvalue weighted by Gasteiger charge is 2.19. The molecule has 0 bridgehead atoms. The average Bonchev–Trinajstić information content (AvgIpc) is 2.51. The van der Waals surface area contributed by atoms with Crippen LogP contribution in [0, 0.1) is 5.82 Å². The van der Waals surface area contributed by atoms with Gasteiger partial charge in [0.05, 0.1) is 5.56 Å². The molecule has 0 unspecified atom stereocenters. The summed E-state index contributed by atoms with van der Waals surface area (Å²) < 4.78 is 13.6. The van der Waals surface area contributed by atoms with E-state index in [9.17, 15) is 14.0 Å². The third-order valence-corrected chi connectivity index (χ3v) is 3.95. The maximum Gasteiger partial charge on any atom is 0.255 e. The van der Waals surface area contributed by atoms with Gasteiger partial charge in [0, 0.05) is 24.0 Å². The number of hydrogen-bond acceptors (Lipinski definition) is 2. The van der Waals surface area contributed by atoms with Crippen molar-refractivity contribution in [1.29, 1.82) is 0 Å². The van der Waals surface area contributed by atoms with Crippen LogP contribution in [0.15, 0.2) is 53.0 Å². The summed E-state index contributed by atoms with van der Waals surface area (Å²) in [5, 5.41) is 0. The van der Waals surface area contributed by atoms with E-state index in [1.807, 2.05) is 30.3 Å². The van der Waals surface area contributed by atoms with E-state index in [1.165, 1.54) is 23.1 Å². The van der Waals surface area contributed by atoms with Crippen molar-refractivity contribution in [1.82, 2.24) is 4.90 Å². The largest absolute Gasteiger partial charge is 0.370 e. The van der Waals surface area contributed by atoms with Crippen molar-refractivity contribution in [3.8, 4) is 0 Å². The second-order valence-corrected chi connectivity index (χ2v) is 5.91. The Hall–Kier alpha value is -2.21. The minimum Gasteiger partial charge on any atom is -0.370 e. The highest BCUT2D eigenvalue weighted by molar-refractivity contribution is 9.10. The number of halogens is 2. The lowest BCUT2D eigenvalue weighted by molar-refractivity contribution is -0.118. The van der Waals surface area contributed by atoms with Crippen LogP contribution in [-0.2, 0) is 11.3 Å². The van der Waals surface area contributed by atoms with Crippen molar-refractivity contribution in [3.63, 3.8) is 0 Å². The highest BCUT2D eigenvalue weighted by atomic mass is 79.9. The van der Waals surface area contributed by atoms with Gasteiger partial charge >= 0.3 is 0 Å². The predicted octanol–water partition coefficient (Wildman–Crippen LogP) is 3.11. The van der Waals surface area contributed by atoms with E-state index in [4.69, 9.17) is 5.73 Å². The number of nitrogens with zero attached hydrogens (tertiary/aromatic N) is 1. The summed E-state index contributed by atoms with van der Waals surface area (Å²) in [4.78, 5) is 25.3. The Morgan fingerprint density at radius 1 is 1.13 bits per heavy atom. The van der Waals surface area contributed by atoms with Crippen LogP contribution in [0.1, 0.15) is 22.3 Å². The van der Waals surface area contributed by atoms with E-state index in [0.717, 1.165) is 5.56 Å². The molecule has 0 spiro atoms. The molecule has 2 aromatic carbocycles. The molecular weight excluding hydrogens is 363 g/mol. The molecule has 2 aromatic rings. The summed E-state index contributed by atoms with van der Waals surface area (Å²) in [6.45, 7) is 0.545. The molecule has 0 aliphatic carbocycles. The molecule has 0 fully saturated rings. The highest BCUT2D eigenvalue weighted by Crippen LogP contribution is 2.21. The molecule has 0 aliphatic rings. The summed E-state index contributed by atoms with van der Waals surface area (Å²) in [6.07, 6.45) is 0.0669. The molecular formula is C17H16BrFN2O2. The fourth-order valence-corrected chi connectivity index (χ4v) is 2.66. The summed E-state index contributed by atoms with van der Waals surface area (Å²) in [6, 6.07) is 13.3. The fourth-order valence-electron chi connectivity index (χ4n) is 2.13. The second kappa shape index (κ2) is 7.87. The Labute approximate surface area is 142 Å². The predicted molar refractivity (Wildman–Crippen MR) is 89.1 cm³/mol. The molecule has 2 N–H and O–H groups in total. The topological polar surface area (TPSA) is 63.4 Å². The van der Waals surface area contributed by atoms with E-state index in [1.54, 1.807) is 0 Å². The van der Waals surface area contributed by atoms with Gasteiger partial charge in [0.2, 0.25) is 5.91 Å². The van der Waals surface area contributed by atoms with Crippen LogP contribution < -0.4 is 5.73 Å². The summed E-state index contributed by atoms with van der Waals surface area (Å²) in [7, 11) is 0. The number of carbonyl (C=O) groups excluding carboxylic acids is 2. The average molecular weight is 379 g/mol. The van der Waals surface area contributed by atoms with Gasteiger partial charge < -0.3 is 10.6 Å². The van der Waals surface area contributed by atoms with Crippen LogP contribution in [0.4, 0.5) is 4.39 Å². The van der Waals surface area contributed by atoms with Gasteiger partial charge in [-0.2, -0.15) is 0 Å². The van der Waals surface area contributed by atoms with Gasteiger partial charge in [0.15, 0.2) is 0 Å². The van der Waals surface area contributed by atoms with Gasteiger partial charge in [-0.1, -0.05) is 30.3 Å². The number of amides is 2. The first-order valence-corrected chi connectivity index (χ1v) is 7.83. The Balaban J connectivity index is 2.24. The lowest BCUT2D eigenvalue weighted by atomic mass is 10.1. The first-order valence-electron chi connectivity index (χ1n) is 7.04. The monoisotopic (exact) mass is 378 g/mol. The molecule has 0 saturated heterocycles. The zero-order valence-electron chi connectivity index (χ0n) is 12.3. The normalized spacial score (nSPS) is 10.3. The molecule has 0 heterocycles. The van der Waals surface area contributed by atoms with Crippen molar-refractivity contribution >= 4 is 27.7 Å². The third-order valence-electron chi connectivity index (χ3n) is 3.29. The SMILES string of the molecule is NC(=O)CCN(Cc1ccccc1)C(=O)c1ccc(F)cc1Br. The first kappa shape index (κ1) is 17.1. The number of carbonyl (C=O) groups is 2. The molecule has 0 saturated carbocycles. The molecule has 0 atom stereocenters. The van der Waals surface area contributed by atoms with E-state index >= 15 is 0 Å². The zero-order valence-corrected chi connectivity index (χ0v) is 13.9. The molecule has 0 radical (unpaired) electrons. The van der Waals surface area contributed by atoms with Crippen molar-refractivity contribution < 1.29 is 14.0 Å². The molecule has 6 heteroatoms. The van der Waals surface area contributed by atoms with Gasteiger partial charge in [-0.15, -0.1) is 0 Å². The van der Waals surface area contributed by atoms with E-state index in [-0.39, 0.29) is 18.9 Å². The lowest BCUT2D eigenvalue weighted by Crippen LogP contribution is -2.33. The first-order chi connectivity index (χ1) is 11.0. The maximum atomic E-state index is 13.2. The van der Waals surface area contributed by atoms with Crippen LogP contribution in [0.3, 0.4) is 0 Å². The van der Waals surface area contributed by atoms with Crippen molar-refractivity contribution in [2.24, 2.45) is 5.73 Å². The Bertz CT molecular complexity index is 707. The van der Waals surface area contributed by atoms with E-state index in [2.05, 4.69) is 15.9 Å². The Morgan fingerprint density at radius 2 is 1.83 bits per heavy atom. The molecule has 0 aliphatic heterocycles. The van der Waals surface area contributed by atoms with Crippen LogP contribution in [0.5, 0.6) is 0 Å². The Morgan fingerprint density at radius 3 is 2.43 bits per heavy atom. The van der Waals surface area contributed by atoms with E-state index < -0.39 is 11.7 Å². The lowest BCUT2D eigenvalue weighted by Gasteiger charge is -2.23. The molecule has 4 nitrogen and oxygen atoms in total. The molecule has 2 rings (SSSR count). The minimum absolute atomic E-state index is 0.0669. The number of nitrogens with two attached hydrogens (primary N) is 1. The van der Waals surface area contributed by atoms with Crippen molar-refractivity contribution in [2.75, 3.05) is 6.54 Å². The van der Waals surface area contributed by atoms with Gasteiger partial charge in [-0.3, -0.25) is 9.59 Å². The van der Waals surface area contributed by atoms with Crippen LogP contribution in [-0.4, -0.2) is 23.3 Å². The molecule has 23 heavy (non-hydrogen) atoms. The fraction of sp³-hybridized carbons (Fsp3) is 0.176. The van der Waals surface area contributed by atoms with Crippen LogP contribution in [0.2, 0.25) is 0 Å². The standard InChI is InChI=1S/C17H16BrFN2O2/c18-15-10-13(19)6-7-14(15)17(23)21(9-8-16(20)22)11-12-4-2-1-3-5-12/h1-7,10H,8-9,11H2,(H2,20,22). The number of hydrogen-bond donors (Lipinski definition) is 1. The van der Waals surface area contributed by atoms with Crippen molar-refractivity contribution in [2.45, 2.75) is 13.0 Å². The minimum atomic E-state index is -0.478. The second-order valence-electron chi connectivity index (χ2n) is 5.05. The molecule has 0 aromatic heterocycles. The summed E-state index contributed by atoms with van der Waals surface area (Å²) in [5.74, 6) is -1.20.